The summed E-state index contributed by atoms with van der Waals surface area (Å²) < 4.78 is 24.4. The molecule has 0 heterocycles. The lowest BCUT2D eigenvalue weighted by Crippen LogP contribution is -2.50. The highest BCUT2D eigenvalue weighted by atomic mass is 35.5. The number of hydrogen-bond donors (Lipinski definition) is 1. The normalized spacial score (nSPS) is 11.4. The number of rotatable bonds is 12. The standard InChI is InChI=1S/C33H32ClFN2O4/c1-40-30-17-12-26(19-31(30)41-2)20-32(38)37(22-25-10-15-28(35)16-11-25)29(18-23-6-4-3-5-7-23)33(39)36-21-24-8-13-27(34)14-9-24/h3-17,19,29H,18,20-22H2,1-2H3,(H,36,39)/t29-/m1/s1. The van der Waals surface area contributed by atoms with E-state index in [1.54, 1.807) is 54.5 Å². The Hall–Kier alpha value is -4.36. The number of amides is 2. The van der Waals surface area contributed by atoms with Gasteiger partial charge in [-0.05, 0) is 58.7 Å². The first-order valence-corrected chi connectivity index (χ1v) is 13.5. The highest BCUT2D eigenvalue weighted by Crippen LogP contribution is 2.28. The van der Waals surface area contributed by atoms with Crippen LogP contribution in [-0.4, -0.2) is 37.0 Å². The van der Waals surface area contributed by atoms with Gasteiger partial charge in [-0.25, -0.2) is 4.39 Å². The van der Waals surface area contributed by atoms with E-state index in [0.29, 0.717) is 34.1 Å². The van der Waals surface area contributed by atoms with Crippen molar-refractivity contribution in [2.24, 2.45) is 0 Å². The second-order valence-electron chi connectivity index (χ2n) is 9.56. The van der Waals surface area contributed by atoms with E-state index in [0.717, 1.165) is 11.1 Å². The molecule has 8 heteroatoms. The molecule has 1 atom stereocenters. The molecule has 0 bridgehead atoms. The summed E-state index contributed by atoms with van der Waals surface area (Å²) in [6.45, 7) is 0.397. The molecule has 0 unspecified atom stereocenters. The van der Waals surface area contributed by atoms with Gasteiger partial charge in [-0.3, -0.25) is 9.59 Å². The number of carbonyl (C=O) groups is 2. The topological polar surface area (TPSA) is 67.9 Å². The number of halogens is 2. The zero-order chi connectivity index (χ0) is 29.2. The van der Waals surface area contributed by atoms with Crippen molar-refractivity contribution < 1.29 is 23.5 Å². The molecule has 0 aliphatic rings. The summed E-state index contributed by atoms with van der Waals surface area (Å²) in [5.74, 6) is 0.119. The average Bonchev–Trinajstić information content (AvgIpc) is 2.99. The fourth-order valence-electron chi connectivity index (χ4n) is 4.52. The van der Waals surface area contributed by atoms with Crippen LogP contribution in [0.2, 0.25) is 5.02 Å². The predicted octanol–water partition coefficient (Wildman–Crippen LogP) is 6.00. The smallest absolute Gasteiger partial charge is 0.243 e. The molecule has 41 heavy (non-hydrogen) atoms. The Bertz CT molecular complexity index is 1450. The molecule has 0 radical (unpaired) electrons. The van der Waals surface area contributed by atoms with Gasteiger partial charge in [-0.2, -0.15) is 0 Å². The van der Waals surface area contributed by atoms with Crippen LogP contribution in [0.15, 0.2) is 97.1 Å². The molecule has 0 aliphatic carbocycles. The van der Waals surface area contributed by atoms with Crippen molar-refractivity contribution in [3.05, 3.63) is 130 Å². The maximum Gasteiger partial charge on any atom is 0.243 e. The first kappa shape index (κ1) is 29.6. The third-order valence-corrected chi connectivity index (χ3v) is 6.97. The van der Waals surface area contributed by atoms with E-state index in [4.69, 9.17) is 21.1 Å². The minimum Gasteiger partial charge on any atom is -0.493 e. The SMILES string of the molecule is COc1ccc(CC(=O)N(Cc2ccc(F)cc2)[C@H](Cc2ccccc2)C(=O)NCc2ccc(Cl)cc2)cc1OC. The molecule has 0 saturated carbocycles. The summed E-state index contributed by atoms with van der Waals surface area (Å²) in [7, 11) is 3.08. The maximum absolute atomic E-state index is 14.0. The van der Waals surface area contributed by atoms with E-state index in [-0.39, 0.29) is 37.1 Å². The Labute approximate surface area is 244 Å². The highest BCUT2D eigenvalue weighted by Gasteiger charge is 2.30. The number of methoxy groups -OCH3 is 2. The van der Waals surface area contributed by atoms with Gasteiger partial charge in [0, 0.05) is 24.5 Å². The molecular weight excluding hydrogens is 543 g/mol. The number of benzene rings is 4. The van der Waals surface area contributed by atoms with Gasteiger partial charge in [0.25, 0.3) is 0 Å². The molecule has 0 aliphatic heterocycles. The lowest BCUT2D eigenvalue weighted by Gasteiger charge is -2.32. The maximum atomic E-state index is 14.0. The third-order valence-electron chi connectivity index (χ3n) is 6.72. The second-order valence-corrected chi connectivity index (χ2v) is 10.0. The lowest BCUT2D eigenvalue weighted by atomic mass is 10.0. The Morgan fingerprint density at radius 3 is 2.10 bits per heavy atom. The number of nitrogens with one attached hydrogen (secondary N) is 1. The monoisotopic (exact) mass is 574 g/mol. The predicted molar refractivity (Wildman–Crippen MR) is 157 cm³/mol. The van der Waals surface area contributed by atoms with E-state index < -0.39 is 6.04 Å². The van der Waals surface area contributed by atoms with Crippen LogP contribution in [0.25, 0.3) is 0 Å². The Balaban J connectivity index is 1.66. The fraction of sp³-hybridized carbons (Fsp3) is 0.212. The Morgan fingerprint density at radius 1 is 0.805 bits per heavy atom. The van der Waals surface area contributed by atoms with Crippen LogP contribution < -0.4 is 14.8 Å². The minimum atomic E-state index is -0.831. The molecule has 0 spiro atoms. The molecule has 212 valence electrons. The van der Waals surface area contributed by atoms with Crippen molar-refractivity contribution >= 4 is 23.4 Å². The van der Waals surface area contributed by atoms with Gasteiger partial charge in [0.05, 0.1) is 20.6 Å². The average molecular weight is 575 g/mol. The van der Waals surface area contributed by atoms with Crippen LogP contribution in [0.5, 0.6) is 11.5 Å². The molecule has 6 nitrogen and oxygen atoms in total. The van der Waals surface area contributed by atoms with Crippen molar-refractivity contribution in [2.75, 3.05) is 14.2 Å². The zero-order valence-corrected chi connectivity index (χ0v) is 23.7. The van der Waals surface area contributed by atoms with Crippen LogP contribution in [0.4, 0.5) is 4.39 Å². The quantitative estimate of drug-likeness (QED) is 0.225. The van der Waals surface area contributed by atoms with Crippen molar-refractivity contribution in [1.82, 2.24) is 10.2 Å². The molecule has 0 fully saturated rings. The molecule has 4 rings (SSSR count). The van der Waals surface area contributed by atoms with Gasteiger partial charge < -0.3 is 19.7 Å². The van der Waals surface area contributed by atoms with Crippen LogP contribution in [0.3, 0.4) is 0 Å². The molecular formula is C33H32ClFN2O4. The number of nitrogens with zero attached hydrogens (tertiary/aromatic N) is 1. The van der Waals surface area contributed by atoms with Crippen molar-refractivity contribution in [3.63, 3.8) is 0 Å². The Kier molecular flexibility index (Phi) is 10.3. The van der Waals surface area contributed by atoms with Crippen LogP contribution in [-0.2, 0) is 35.5 Å². The Morgan fingerprint density at radius 2 is 1.44 bits per heavy atom. The largest absolute Gasteiger partial charge is 0.493 e. The minimum absolute atomic E-state index is 0.0251. The van der Waals surface area contributed by atoms with Gasteiger partial charge in [0.15, 0.2) is 11.5 Å². The van der Waals surface area contributed by atoms with Crippen LogP contribution in [0.1, 0.15) is 22.3 Å². The van der Waals surface area contributed by atoms with E-state index in [2.05, 4.69) is 5.32 Å². The van der Waals surface area contributed by atoms with E-state index in [1.807, 2.05) is 42.5 Å². The fourth-order valence-corrected chi connectivity index (χ4v) is 4.64. The number of carbonyl (C=O) groups excluding carboxylic acids is 2. The van der Waals surface area contributed by atoms with Gasteiger partial charge in [0.1, 0.15) is 11.9 Å². The first-order valence-electron chi connectivity index (χ1n) is 13.2. The summed E-state index contributed by atoms with van der Waals surface area (Å²) in [5, 5.41) is 3.60. The summed E-state index contributed by atoms with van der Waals surface area (Å²) in [6, 6.07) is 27.1. The molecule has 1 N–H and O–H groups in total. The third kappa shape index (κ3) is 8.32. The molecule has 0 aromatic heterocycles. The summed E-state index contributed by atoms with van der Waals surface area (Å²) in [5.41, 5.74) is 3.19. The zero-order valence-electron chi connectivity index (χ0n) is 23.0. The lowest BCUT2D eigenvalue weighted by molar-refractivity contribution is -0.140. The summed E-state index contributed by atoms with van der Waals surface area (Å²) in [4.78, 5) is 29.3. The van der Waals surface area contributed by atoms with E-state index in [9.17, 15) is 14.0 Å². The second kappa shape index (κ2) is 14.3. The van der Waals surface area contributed by atoms with Crippen molar-refractivity contribution in [3.8, 4) is 11.5 Å². The molecule has 4 aromatic rings. The number of ether oxygens (including phenoxy) is 2. The highest BCUT2D eigenvalue weighted by molar-refractivity contribution is 6.30. The van der Waals surface area contributed by atoms with Crippen LogP contribution >= 0.6 is 11.6 Å². The van der Waals surface area contributed by atoms with Crippen molar-refractivity contribution in [1.29, 1.82) is 0 Å². The summed E-state index contributed by atoms with van der Waals surface area (Å²) in [6.07, 6.45) is 0.323. The van der Waals surface area contributed by atoms with Gasteiger partial charge in [0.2, 0.25) is 11.8 Å². The van der Waals surface area contributed by atoms with Crippen LogP contribution in [0, 0.1) is 5.82 Å². The first-order chi connectivity index (χ1) is 19.9. The van der Waals surface area contributed by atoms with Gasteiger partial charge >= 0.3 is 0 Å². The van der Waals surface area contributed by atoms with E-state index in [1.165, 1.54) is 19.2 Å². The molecule has 2 amide bonds. The van der Waals surface area contributed by atoms with Gasteiger partial charge in [-0.15, -0.1) is 0 Å². The molecule has 4 aromatic carbocycles. The van der Waals surface area contributed by atoms with Gasteiger partial charge in [-0.1, -0.05) is 72.3 Å². The summed E-state index contributed by atoms with van der Waals surface area (Å²) >= 11 is 6.01. The van der Waals surface area contributed by atoms with Crippen molar-refractivity contribution in [2.45, 2.75) is 32.0 Å². The number of hydrogen-bond acceptors (Lipinski definition) is 4. The molecule has 0 saturated heterocycles. The van der Waals surface area contributed by atoms with E-state index >= 15 is 0 Å².